The molecular formula is C22H23ClN2O2. The van der Waals surface area contributed by atoms with E-state index in [2.05, 4.69) is 41.2 Å². The Bertz CT molecular complexity index is 995. The Morgan fingerprint density at radius 2 is 2.15 bits per heavy atom. The van der Waals surface area contributed by atoms with Crippen molar-refractivity contribution in [3.63, 3.8) is 0 Å². The number of carbonyl (C=O) groups is 1. The van der Waals surface area contributed by atoms with E-state index in [0.717, 1.165) is 26.1 Å². The Balaban J connectivity index is 1.48. The zero-order valence-electron chi connectivity index (χ0n) is 15.6. The van der Waals surface area contributed by atoms with Crippen LogP contribution in [0, 0.1) is 6.92 Å². The number of ether oxygens (including phenoxy) is 1. The van der Waals surface area contributed by atoms with Crippen molar-refractivity contribution in [1.82, 2.24) is 9.88 Å². The van der Waals surface area contributed by atoms with Gasteiger partial charge in [-0.15, -0.1) is 0 Å². The summed E-state index contributed by atoms with van der Waals surface area (Å²) >= 11 is 6.15. The van der Waals surface area contributed by atoms with Gasteiger partial charge < -0.3 is 9.72 Å². The van der Waals surface area contributed by atoms with E-state index in [1.54, 1.807) is 0 Å². The molecule has 0 amide bonds. The summed E-state index contributed by atoms with van der Waals surface area (Å²) in [6.07, 6.45) is 3.21. The van der Waals surface area contributed by atoms with Gasteiger partial charge in [0.1, 0.15) is 5.75 Å². The highest BCUT2D eigenvalue weighted by atomic mass is 35.5. The predicted molar refractivity (Wildman–Crippen MR) is 108 cm³/mol. The van der Waals surface area contributed by atoms with Crippen molar-refractivity contribution in [1.29, 1.82) is 0 Å². The van der Waals surface area contributed by atoms with Crippen molar-refractivity contribution in [2.75, 3.05) is 13.1 Å². The lowest BCUT2D eigenvalue weighted by atomic mass is 9.98. The minimum atomic E-state index is -0.350. The fourth-order valence-electron chi connectivity index (χ4n) is 3.93. The normalized spacial score (nSPS) is 17.5. The average Bonchev–Trinajstić information content (AvgIpc) is 3.24. The van der Waals surface area contributed by atoms with Gasteiger partial charge in [0.15, 0.2) is 0 Å². The molecule has 0 spiro atoms. The molecule has 4 rings (SSSR count). The fourth-order valence-corrected chi connectivity index (χ4v) is 4.08. The molecule has 3 aromatic rings. The van der Waals surface area contributed by atoms with Crippen molar-refractivity contribution in [3.8, 4) is 5.75 Å². The maximum absolute atomic E-state index is 11.3. The molecule has 0 radical (unpaired) electrons. The van der Waals surface area contributed by atoms with Crippen LogP contribution < -0.4 is 4.74 Å². The highest BCUT2D eigenvalue weighted by Gasteiger charge is 2.25. The maximum Gasteiger partial charge on any atom is 0.308 e. The third-order valence-electron chi connectivity index (χ3n) is 5.27. The van der Waals surface area contributed by atoms with E-state index in [-0.39, 0.29) is 5.97 Å². The molecule has 1 aromatic heterocycles. The van der Waals surface area contributed by atoms with E-state index >= 15 is 0 Å². The number of likely N-dealkylation sites (tertiary alicyclic amines) is 1. The number of benzene rings is 2. The lowest BCUT2D eigenvalue weighted by Gasteiger charge is -2.16. The molecule has 27 heavy (non-hydrogen) atoms. The summed E-state index contributed by atoms with van der Waals surface area (Å²) in [7, 11) is 0. The molecule has 2 heterocycles. The van der Waals surface area contributed by atoms with Crippen molar-refractivity contribution in [2.24, 2.45) is 0 Å². The molecule has 1 unspecified atom stereocenters. The number of aromatic amines is 1. The third kappa shape index (κ3) is 3.87. The Kier molecular flexibility index (Phi) is 4.94. The first kappa shape index (κ1) is 18.1. The lowest BCUT2D eigenvalue weighted by Crippen LogP contribution is -2.19. The van der Waals surface area contributed by atoms with Crippen LogP contribution in [0.2, 0.25) is 5.02 Å². The zero-order chi connectivity index (χ0) is 19.0. The maximum atomic E-state index is 11.3. The van der Waals surface area contributed by atoms with Gasteiger partial charge in [0.25, 0.3) is 0 Å². The Hall–Kier alpha value is -2.30. The van der Waals surface area contributed by atoms with Gasteiger partial charge in [0.05, 0.1) is 5.02 Å². The molecule has 0 saturated carbocycles. The van der Waals surface area contributed by atoms with Crippen LogP contribution in [0.1, 0.15) is 36.0 Å². The smallest absolute Gasteiger partial charge is 0.308 e. The SMILES string of the molecule is CC(=O)Oc1cc(C2CCN(Cc3c[nH]c4cc(C)ccc34)C2)ccc1Cl. The monoisotopic (exact) mass is 382 g/mol. The van der Waals surface area contributed by atoms with Gasteiger partial charge in [0, 0.05) is 37.1 Å². The first-order valence-corrected chi connectivity index (χ1v) is 9.64. The molecule has 0 aliphatic carbocycles. The number of carbonyl (C=O) groups excluding carboxylic acids is 1. The number of esters is 1. The molecular weight excluding hydrogens is 360 g/mol. The van der Waals surface area contributed by atoms with Gasteiger partial charge in [-0.1, -0.05) is 29.8 Å². The predicted octanol–water partition coefficient (Wildman–Crippen LogP) is 5.04. The second-order valence-corrected chi connectivity index (χ2v) is 7.77. The molecule has 1 aliphatic rings. The Morgan fingerprint density at radius 1 is 1.30 bits per heavy atom. The topological polar surface area (TPSA) is 45.3 Å². The van der Waals surface area contributed by atoms with Gasteiger partial charge >= 0.3 is 5.97 Å². The average molecular weight is 383 g/mol. The summed E-state index contributed by atoms with van der Waals surface area (Å²) < 4.78 is 5.23. The number of aryl methyl sites for hydroxylation is 1. The highest BCUT2D eigenvalue weighted by molar-refractivity contribution is 6.32. The Morgan fingerprint density at radius 3 is 2.96 bits per heavy atom. The molecule has 0 bridgehead atoms. The van der Waals surface area contributed by atoms with E-state index in [0.29, 0.717) is 16.7 Å². The standard InChI is InChI=1S/C22H23ClN2O2/c1-14-3-5-19-18(11-24-21(19)9-14)13-25-8-7-17(12-25)16-4-6-20(23)22(10-16)27-15(2)26/h3-6,9-11,17,24H,7-8,12-13H2,1-2H3. The first-order valence-electron chi connectivity index (χ1n) is 9.26. The molecule has 5 heteroatoms. The molecule has 1 N–H and O–H groups in total. The quantitative estimate of drug-likeness (QED) is 0.507. The van der Waals surface area contributed by atoms with Crippen LogP contribution in [-0.4, -0.2) is 28.9 Å². The minimum absolute atomic E-state index is 0.350. The van der Waals surface area contributed by atoms with Crippen molar-refractivity contribution in [2.45, 2.75) is 32.7 Å². The number of hydrogen-bond acceptors (Lipinski definition) is 3. The zero-order valence-corrected chi connectivity index (χ0v) is 16.3. The van der Waals surface area contributed by atoms with Crippen LogP contribution in [0.3, 0.4) is 0 Å². The van der Waals surface area contributed by atoms with E-state index in [9.17, 15) is 4.79 Å². The molecule has 4 nitrogen and oxygen atoms in total. The summed E-state index contributed by atoms with van der Waals surface area (Å²) in [5.74, 6) is 0.521. The first-order chi connectivity index (χ1) is 13.0. The summed E-state index contributed by atoms with van der Waals surface area (Å²) in [5, 5.41) is 1.77. The summed E-state index contributed by atoms with van der Waals surface area (Å²) in [6, 6.07) is 12.3. The van der Waals surface area contributed by atoms with Gasteiger partial charge in [0.2, 0.25) is 0 Å². The number of H-pyrrole nitrogens is 1. The lowest BCUT2D eigenvalue weighted by molar-refractivity contribution is -0.131. The second kappa shape index (κ2) is 7.37. The largest absolute Gasteiger partial charge is 0.425 e. The van der Waals surface area contributed by atoms with E-state index < -0.39 is 0 Å². The molecule has 1 aliphatic heterocycles. The summed E-state index contributed by atoms with van der Waals surface area (Å²) in [4.78, 5) is 17.1. The summed E-state index contributed by atoms with van der Waals surface area (Å²) in [6.45, 7) is 6.47. The van der Waals surface area contributed by atoms with Crippen LogP contribution >= 0.6 is 11.6 Å². The second-order valence-electron chi connectivity index (χ2n) is 7.37. The fraction of sp³-hybridized carbons (Fsp3) is 0.318. The minimum Gasteiger partial charge on any atom is -0.425 e. The molecule has 1 atom stereocenters. The van der Waals surface area contributed by atoms with Crippen LogP contribution in [0.4, 0.5) is 0 Å². The third-order valence-corrected chi connectivity index (χ3v) is 5.58. The number of hydrogen-bond donors (Lipinski definition) is 1. The van der Waals surface area contributed by atoms with Crippen molar-refractivity contribution in [3.05, 3.63) is 64.3 Å². The van der Waals surface area contributed by atoms with E-state index in [1.807, 2.05) is 18.2 Å². The van der Waals surface area contributed by atoms with Crippen molar-refractivity contribution >= 4 is 28.5 Å². The van der Waals surface area contributed by atoms with Gasteiger partial charge in [-0.05, 0) is 60.7 Å². The van der Waals surface area contributed by atoms with E-state index in [4.69, 9.17) is 16.3 Å². The van der Waals surface area contributed by atoms with Gasteiger partial charge in [-0.25, -0.2) is 0 Å². The van der Waals surface area contributed by atoms with E-state index in [1.165, 1.54) is 34.5 Å². The number of halogens is 1. The van der Waals surface area contributed by atoms with Crippen LogP contribution in [0.25, 0.3) is 10.9 Å². The molecule has 2 aromatic carbocycles. The number of aromatic nitrogens is 1. The molecule has 140 valence electrons. The summed E-state index contributed by atoms with van der Waals surface area (Å²) in [5.41, 5.74) is 4.97. The molecule has 1 fully saturated rings. The number of fused-ring (bicyclic) bond motifs is 1. The van der Waals surface area contributed by atoms with Crippen LogP contribution in [-0.2, 0) is 11.3 Å². The van der Waals surface area contributed by atoms with Crippen LogP contribution in [0.5, 0.6) is 5.75 Å². The van der Waals surface area contributed by atoms with Gasteiger partial charge in [-0.3, -0.25) is 9.69 Å². The number of nitrogens with zero attached hydrogens (tertiary/aromatic N) is 1. The molecule has 1 saturated heterocycles. The van der Waals surface area contributed by atoms with Crippen LogP contribution in [0.15, 0.2) is 42.6 Å². The number of rotatable bonds is 4. The highest BCUT2D eigenvalue weighted by Crippen LogP contribution is 2.34. The van der Waals surface area contributed by atoms with Crippen molar-refractivity contribution < 1.29 is 9.53 Å². The van der Waals surface area contributed by atoms with Gasteiger partial charge in [-0.2, -0.15) is 0 Å². The Labute approximate surface area is 164 Å². The number of nitrogens with one attached hydrogen (secondary N) is 1.